The second-order valence-corrected chi connectivity index (χ2v) is 3.89. The van der Waals surface area contributed by atoms with Crippen molar-refractivity contribution >= 4 is 17.5 Å². The molecule has 4 nitrogen and oxygen atoms in total. The fourth-order valence-electron chi connectivity index (χ4n) is 1.34. The quantitative estimate of drug-likeness (QED) is 0.501. The first kappa shape index (κ1) is 11.8. The predicted octanol–water partition coefficient (Wildman–Crippen LogP) is 0.489. The van der Waals surface area contributed by atoms with Crippen LogP contribution in [0.1, 0.15) is 6.42 Å². The number of nitrogens with zero attached hydrogens (tertiary/aromatic N) is 1. The number of hydrogen-bond acceptors (Lipinski definition) is 3. The fourth-order valence-corrected chi connectivity index (χ4v) is 1.60. The van der Waals surface area contributed by atoms with Crippen molar-refractivity contribution < 1.29 is 14.3 Å². The highest BCUT2D eigenvalue weighted by molar-refractivity contribution is 6.21. The van der Waals surface area contributed by atoms with Gasteiger partial charge < -0.3 is 14.4 Å². The van der Waals surface area contributed by atoms with Crippen molar-refractivity contribution in [1.29, 1.82) is 0 Å². The van der Waals surface area contributed by atoms with Gasteiger partial charge in [0.1, 0.15) is 6.61 Å². The Kier molecular flexibility index (Phi) is 5.22. The number of alkyl halides is 1. The summed E-state index contributed by atoms with van der Waals surface area (Å²) < 4.78 is 9.92. The molecule has 1 aliphatic rings. The molecule has 0 aromatic heterocycles. The number of likely N-dealkylation sites (tertiary alicyclic amines) is 1. The molecule has 0 N–H and O–H groups in total. The normalized spacial score (nSPS) is 21.6. The van der Waals surface area contributed by atoms with Crippen LogP contribution in [0.4, 0.5) is 0 Å². The van der Waals surface area contributed by atoms with Crippen molar-refractivity contribution in [2.24, 2.45) is 0 Å². The molecule has 82 valence electrons. The monoisotopic (exact) mass is 221 g/mol. The Morgan fingerprint density at radius 3 is 2.93 bits per heavy atom. The summed E-state index contributed by atoms with van der Waals surface area (Å²) in [7, 11) is 1.60. The average Bonchev–Trinajstić information content (AvgIpc) is 2.59. The van der Waals surface area contributed by atoms with E-state index in [-0.39, 0.29) is 17.9 Å². The molecule has 0 spiro atoms. The molecule has 1 saturated heterocycles. The third-order valence-electron chi connectivity index (χ3n) is 2.14. The summed E-state index contributed by atoms with van der Waals surface area (Å²) in [4.78, 5) is 13.2. The maximum absolute atomic E-state index is 11.5. The van der Waals surface area contributed by atoms with Crippen LogP contribution in [0, 0.1) is 0 Å². The zero-order valence-corrected chi connectivity index (χ0v) is 9.13. The van der Waals surface area contributed by atoms with Crippen molar-refractivity contribution in [2.75, 3.05) is 40.0 Å². The SMILES string of the molecule is COCCOCC(=O)N1CCC(Cl)C1. The Labute approximate surface area is 89.1 Å². The van der Waals surface area contributed by atoms with Gasteiger partial charge >= 0.3 is 0 Å². The van der Waals surface area contributed by atoms with Crippen molar-refractivity contribution in [3.63, 3.8) is 0 Å². The molecule has 0 radical (unpaired) electrons. The molecule has 1 aliphatic heterocycles. The molecule has 1 atom stereocenters. The summed E-state index contributed by atoms with van der Waals surface area (Å²) in [6.45, 7) is 2.51. The van der Waals surface area contributed by atoms with Crippen LogP contribution >= 0.6 is 11.6 Å². The van der Waals surface area contributed by atoms with E-state index in [1.165, 1.54) is 0 Å². The van der Waals surface area contributed by atoms with Gasteiger partial charge in [0, 0.05) is 20.2 Å². The summed E-state index contributed by atoms with van der Waals surface area (Å²) in [5, 5.41) is 0.109. The van der Waals surface area contributed by atoms with Crippen LogP contribution in [0.25, 0.3) is 0 Å². The van der Waals surface area contributed by atoms with Crippen molar-refractivity contribution in [3.8, 4) is 0 Å². The molecule has 0 saturated carbocycles. The number of carbonyl (C=O) groups excluding carboxylic acids is 1. The molecule has 0 aromatic rings. The smallest absolute Gasteiger partial charge is 0.248 e. The van der Waals surface area contributed by atoms with E-state index < -0.39 is 0 Å². The summed E-state index contributed by atoms with van der Waals surface area (Å²) in [5.74, 6) is 0.0178. The first-order chi connectivity index (χ1) is 6.74. The summed E-state index contributed by atoms with van der Waals surface area (Å²) in [6, 6.07) is 0. The first-order valence-electron chi connectivity index (χ1n) is 4.72. The lowest BCUT2D eigenvalue weighted by atomic mass is 10.4. The predicted molar refractivity (Wildman–Crippen MR) is 53.5 cm³/mol. The molecule has 14 heavy (non-hydrogen) atoms. The third kappa shape index (κ3) is 3.82. The van der Waals surface area contributed by atoms with Gasteiger partial charge in [-0.2, -0.15) is 0 Å². The highest BCUT2D eigenvalue weighted by Crippen LogP contribution is 2.14. The second kappa shape index (κ2) is 6.22. The second-order valence-electron chi connectivity index (χ2n) is 3.27. The van der Waals surface area contributed by atoms with Crippen LogP contribution in [0.15, 0.2) is 0 Å². The Morgan fingerprint density at radius 2 is 2.36 bits per heavy atom. The fraction of sp³-hybridized carbons (Fsp3) is 0.889. The minimum atomic E-state index is 0.0178. The zero-order chi connectivity index (χ0) is 10.4. The van der Waals surface area contributed by atoms with E-state index in [2.05, 4.69) is 0 Å². The van der Waals surface area contributed by atoms with Gasteiger partial charge in [-0.15, -0.1) is 11.6 Å². The lowest BCUT2D eigenvalue weighted by molar-refractivity contribution is -0.135. The van der Waals surface area contributed by atoms with Gasteiger partial charge in [0.25, 0.3) is 0 Å². The molecule has 0 aromatic carbocycles. The van der Waals surface area contributed by atoms with Crippen LogP contribution in [-0.2, 0) is 14.3 Å². The van der Waals surface area contributed by atoms with Gasteiger partial charge in [-0.1, -0.05) is 0 Å². The maximum atomic E-state index is 11.5. The minimum Gasteiger partial charge on any atom is -0.382 e. The number of carbonyl (C=O) groups is 1. The summed E-state index contributed by atoms with van der Waals surface area (Å²) in [6.07, 6.45) is 0.880. The first-order valence-corrected chi connectivity index (χ1v) is 5.16. The number of hydrogen-bond donors (Lipinski definition) is 0. The van der Waals surface area contributed by atoms with Gasteiger partial charge in [-0.25, -0.2) is 0 Å². The molecular weight excluding hydrogens is 206 g/mol. The highest BCUT2D eigenvalue weighted by atomic mass is 35.5. The number of rotatable bonds is 5. The van der Waals surface area contributed by atoms with Crippen molar-refractivity contribution in [1.82, 2.24) is 4.90 Å². The van der Waals surface area contributed by atoms with Gasteiger partial charge in [-0.3, -0.25) is 4.79 Å². The Bertz CT molecular complexity index is 189. The van der Waals surface area contributed by atoms with E-state index in [1.54, 1.807) is 12.0 Å². The number of methoxy groups -OCH3 is 1. The van der Waals surface area contributed by atoms with Gasteiger partial charge in [0.15, 0.2) is 0 Å². The molecule has 1 heterocycles. The van der Waals surface area contributed by atoms with Crippen LogP contribution in [0.5, 0.6) is 0 Å². The van der Waals surface area contributed by atoms with Crippen LogP contribution in [-0.4, -0.2) is 56.2 Å². The van der Waals surface area contributed by atoms with E-state index in [0.717, 1.165) is 13.0 Å². The molecular formula is C9H16ClNO3. The Balaban J connectivity index is 2.09. The zero-order valence-electron chi connectivity index (χ0n) is 8.37. The van der Waals surface area contributed by atoms with E-state index in [9.17, 15) is 4.79 Å². The summed E-state index contributed by atoms with van der Waals surface area (Å²) in [5.41, 5.74) is 0. The van der Waals surface area contributed by atoms with Gasteiger partial charge in [0.05, 0.1) is 18.6 Å². The topological polar surface area (TPSA) is 38.8 Å². The average molecular weight is 222 g/mol. The van der Waals surface area contributed by atoms with E-state index in [1.807, 2.05) is 0 Å². The van der Waals surface area contributed by atoms with Crippen molar-refractivity contribution in [2.45, 2.75) is 11.8 Å². The van der Waals surface area contributed by atoms with E-state index >= 15 is 0 Å². The lowest BCUT2D eigenvalue weighted by Crippen LogP contribution is -2.32. The maximum Gasteiger partial charge on any atom is 0.248 e. The van der Waals surface area contributed by atoms with Gasteiger partial charge in [-0.05, 0) is 6.42 Å². The Morgan fingerprint density at radius 1 is 1.57 bits per heavy atom. The van der Waals surface area contributed by atoms with E-state index in [4.69, 9.17) is 21.1 Å². The van der Waals surface area contributed by atoms with Crippen LogP contribution in [0.3, 0.4) is 0 Å². The summed E-state index contributed by atoms with van der Waals surface area (Å²) >= 11 is 5.88. The molecule has 1 amide bonds. The van der Waals surface area contributed by atoms with Gasteiger partial charge in [0.2, 0.25) is 5.91 Å². The molecule has 5 heteroatoms. The standard InChI is InChI=1S/C9H16ClNO3/c1-13-4-5-14-7-9(12)11-3-2-8(10)6-11/h8H,2-7H2,1H3. The molecule has 1 rings (SSSR count). The molecule has 1 unspecified atom stereocenters. The minimum absolute atomic E-state index is 0.0178. The molecule has 0 bridgehead atoms. The van der Waals surface area contributed by atoms with Crippen LogP contribution < -0.4 is 0 Å². The number of amides is 1. The van der Waals surface area contributed by atoms with Crippen molar-refractivity contribution in [3.05, 3.63) is 0 Å². The third-order valence-corrected chi connectivity index (χ3v) is 2.50. The largest absolute Gasteiger partial charge is 0.382 e. The lowest BCUT2D eigenvalue weighted by Gasteiger charge is -2.15. The molecule has 0 aliphatic carbocycles. The van der Waals surface area contributed by atoms with E-state index in [0.29, 0.717) is 19.8 Å². The van der Waals surface area contributed by atoms with Crippen LogP contribution in [0.2, 0.25) is 0 Å². The number of ether oxygens (including phenoxy) is 2. The Hall–Kier alpha value is -0.320. The number of halogens is 1. The molecule has 1 fully saturated rings. The highest BCUT2D eigenvalue weighted by Gasteiger charge is 2.24.